The second-order valence-corrected chi connectivity index (χ2v) is 8.20. The van der Waals surface area contributed by atoms with Crippen molar-refractivity contribution >= 4 is 41.7 Å². The summed E-state index contributed by atoms with van der Waals surface area (Å²) in [5.41, 5.74) is 1.12. The Morgan fingerprint density at radius 2 is 2.18 bits per heavy atom. The molecule has 1 N–H and O–H groups in total. The van der Waals surface area contributed by atoms with Gasteiger partial charge in [0.2, 0.25) is 0 Å². The molecule has 1 fully saturated rings. The van der Waals surface area contributed by atoms with Crippen molar-refractivity contribution in [2.45, 2.75) is 30.1 Å². The molecule has 28 heavy (non-hydrogen) atoms. The van der Waals surface area contributed by atoms with Crippen LogP contribution < -0.4 is 5.32 Å². The number of halogens is 1. The number of hydrogen-bond donors (Lipinski definition) is 1. The van der Waals surface area contributed by atoms with E-state index in [1.54, 1.807) is 0 Å². The number of benzene rings is 1. The van der Waals surface area contributed by atoms with Crippen LogP contribution in [0.2, 0.25) is 0 Å². The first-order chi connectivity index (χ1) is 13.2. The van der Waals surface area contributed by atoms with E-state index < -0.39 is 0 Å². The van der Waals surface area contributed by atoms with Crippen LogP contribution in [0.15, 0.2) is 52.6 Å². The van der Waals surface area contributed by atoms with Crippen molar-refractivity contribution in [1.29, 1.82) is 0 Å². The monoisotopic (exact) mass is 515 g/mol. The third-order valence-corrected chi connectivity index (χ3v) is 5.47. The molecular formula is C20H30IN5OS. The number of thioether (sulfide) groups is 1. The van der Waals surface area contributed by atoms with Crippen molar-refractivity contribution < 1.29 is 4.74 Å². The summed E-state index contributed by atoms with van der Waals surface area (Å²) in [5.74, 6) is 0.968. The molecule has 1 aromatic carbocycles. The zero-order chi connectivity index (χ0) is 19.1. The van der Waals surface area contributed by atoms with Crippen LogP contribution in [-0.4, -0.2) is 58.7 Å². The third-order valence-electron chi connectivity index (χ3n) is 4.38. The van der Waals surface area contributed by atoms with Crippen LogP contribution in [0.4, 0.5) is 0 Å². The van der Waals surface area contributed by atoms with Crippen molar-refractivity contribution in [3.63, 3.8) is 0 Å². The zero-order valence-corrected chi connectivity index (χ0v) is 19.9. The molecule has 1 aliphatic heterocycles. The minimum atomic E-state index is 0. The second kappa shape index (κ2) is 11.7. The molecule has 1 aromatic heterocycles. The summed E-state index contributed by atoms with van der Waals surface area (Å²) in [6, 6.07) is 10.5. The molecule has 3 rings (SSSR count). The number of aryl methyl sites for hydroxylation is 1. The smallest absolute Gasteiger partial charge is 0.194 e. The lowest BCUT2D eigenvalue weighted by Crippen LogP contribution is -2.48. The van der Waals surface area contributed by atoms with Crippen LogP contribution >= 0.6 is 35.7 Å². The molecule has 0 spiro atoms. The van der Waals surface area contributed by atoms with Gasteiger partial charge in [0.05, 0.1) is 25.9 Å². The quantitative estimate of drug-likeness (QED) is 0.276. The lowest BCUT2D eigenvalue weighted by Gasteiger charge is -2.35. The van der Waals surface area contributed by atoms with Gasteiger partial charge in [0.15, 0.2) is 5.96 Å². The molecular weight excluding hydrogens is 485 g/mol. The maximum atomic E-state index is 5.96. The van der Waals surface area contributed by atoms with Crippen molar-refractivity contribution in [3.05, 3.63) is 48.3 Å². The summed E-state index contributed by atoms with van der Waals surface area (Å²) in [6.07, 6.45) is 3.94. The number of ether oxygens (including phenoxy) is 1. The number of rotatable bonds is 6. The number of hydrogen-bond acceptors (Lipinski definition) is 4. The van der Waals surface area contributed by atoms with Gasteiger partial charge in [-0.05, 0) is 19.1 Å². The Hall–Kier alpha value is -1.26. The minimum Gasteiger partial charge on any atom is -0.370 e. The molecule has 8 heteroatoms. The lowest BCUT2D eigenvalue weighted by atomic mass is 10.1. The van der Waals surface area contributed by atoms with Crippen molar-refractivity contribution in [1.82, 2.24) is 20.0 Å². The van der Waals surface area contributed by atoms with E-state index in [4.69, 9.17) is 9.73 Å². The molecule has 1 aliphatic rings. The largest absolute Gasteiger partial charge is 0.370 e. The Bertz CT molecular complexity index is 739. The molecule has 0 bridgehead atoms. The van der Waals surface area contributed by atoms with Gasteiger partial charge in [0, 0.05) is 42.0 Å². The summed E-state index contributed by atoms with van der Waals surface area (Å²) in [4.78, 5) is 8.48. The fraction of sp³-hybridized carbons (Fsp3) is 0.500. The van der Waals surface area contributed by atoms with Crippen LogP contribution in [0.25, 0.3) is 0 Å². The first-order valence-electron chi connectivity index (χ1n) is 9.50. The first-order valence-corrected chi connectivity index (χ1v) is 10.4. The Kier molecular flexibility index (Phi) is 9.60. The van der Waals surface area contributed by atoms with Gasteiger partial charge in [-0.15, -0.1) is 35.7 Å². The Morgan fingerprint density at radius 1 is 1.39 bits per heavy atom. The second-order valence-electron chi connectivity index (χ2n) is 6.69. The summed E-state index contributed by atoms with van der Waals surface area (Å²) >= 11 is 1.86. The fourth-order valence-corrected chi connectivity index (χ4v) is 3.99. The fourth-order valence-electron chi connectivity index (χ4n) is 3.06. The van der Waals surface area contributed by atoms with E-state index in [-0.39, 0.29) is 30.1 Å². The Morgan fingerprint density at radius 3 is 2.86 bits per heavy atom. The van der Waals surface area contributed by atoms with E-state index in [2.05, 4.69) is 53.4 Å². The van der Waals surface area contributed by atoms with E-state index >= 15 is 0 Å². The van der Waals surface area contributed by atoms with Crippen molar-refractivity contribution in [3.8, 4) is 0 Å². The number of nitrogens with zero attached hydrogens (tertiary/aromatic N) is 4. The van der Waals surface area contributed by atoms with Gasteiger partial charge in [-0.1, -0.05) is 25.1 Å². The van der Waals surface area contributed by atoms with Crippen LogP contribution in [-0.2, 0) is 11.8 Å². The lowest BCUT2D eigenvalue weighted by molar-refractivity contribution is -0.00803. The normalized spacial score (nSPS) is 18.5. The highest BCUT2D eigenvalue weighted by Gasteiger charge is 2.25. The number of morpholine rings is 1. The van der Waals surface area contributed by atoms with E-state index in [9.17, 15) is 0 Å². The van der Waals surface area contributed by atoms with Gasteiger partial charge in [0.25, 0.3) is 0 Å². The summed E-state index contributed by atoms with van der Waals surface area (Å²) in [5, 5.41) is 8.12. The molecule has 6 nitrogen and oxygen atoms in total. The molecule has 0 amide bonds. The average molecular weight is 515 g/mol. The van der Waals surface area contributed by atoms with Crippen LogP contribution in [0.3, 0.4) is 0 Å². The molecule has 2 unspecified atom stereocenters. The van der Waals surface area contributed by atoms with E-state index in [0.717, 1.165) is 37.7 Å². The van der Waals surface area contributed by atoms with Gasteiger partial charge < -0.3 is 15.0 Å². The molecule has 0 radical (unpaired) electrons. The Balaban J connectivity index is 0.00000280. The van der Waals surface area contributed by atoms with Gasteiger partial charge in [-0.3, -0.25) is 9.67 Å². The van der Waals surface area contributed by atoms with E-state index in [1.165, 1.54) is 4.90 Å². The van der Waals surface area contributed by atoms with Crippen molar-refractivity contribution in [2.24, 2.45) is 12.0 Å². The molecule has 2 aromatic rings. The first kappa shape index (κ1) is 23.0. The summed E-state index contributed by atoms with van der Waals surface area (Å²) < 4.78 is 7.78. The van der Waals surface area contributed by atoms with Crippen LogP contribution in [0.1, 0.15) is 25.5 Å². The minimum absolute atomic E-state index is 0. The molecule has 2 heterocycles. The van der Waals surface area contributed by atoms with Gasteiger partial charge >= 0.3 is 0 Å². The standard InChI is InChI=1S/C20H29N5OS.HI/c1-4-21-20(22-12-16(2)27-18-8-6-5-7-9-18)25-10-11-26-19(15-25)17-13-23-24(3)14-17;/h5-9,13-14,16,19H,4,10-12,15H2,1-3H3,(H,21,22);1H. The van der Waals surface area contributed by atoms with Gasteiger partial charge in [-0.25, -0.2) is 0 Å². The van der Waals surface area contributed by atoms with Crippen molar-refractivity contribution in [2.75, 3.05) is 32.8 Å². The SMILES string of the molecule is CCNC(=NCC(C)Sc1ccccc1)N1CCOC(c2cnn(C)c2)C1.I. The molecule has 1 saturated heterocycles. The molecule has 0 aliphatic carbocycles. The Labute approximate surface area is 189 Å². The van der Waals surface area contributed by atoms with E-state index in [1.807, 2.05) is 42.0 Å². The zero-order valence-electron chi connectivity index (χ0n) is 16.7. The number of guanidine groups is 1. The highest BCUT2D eigenvalue weighted by atomic mass is 127. The number of nitrogens with one attached hydrogen (secondary N) is 1. The summed E-state index contributed by atoms with van der Waals surface area (Å²) in [6.45, 7) is 8.29. The topological polar surface area (TPSA) is 54.7 Å². The van der Waals surface area contributed by atoms with E-state index in [0.29, 0.717) is 11.9 Å². The highest BCUT2D eigenvalue weighted by Crippen LogP contribution is 2.24. The third kappa shape index (κ3) is 6.66. The highest BCUT2D eigenvalue weighted by molar-refractivity contribution is 14.0. The maximum Gasteiger partial charge on any atom is 0.194 e. The molecule has 0 saturated carbocycles. The van der Waals surface area contributed by atoms with Crippen LogP contribution in [0, 0.1) is 0 Å². The number of aliphatic imine (C=N–C) groups is 1. The summed E-state index contributed by atoms with van der Waals surface area (Å²) in [7, 11) is 1.93. The number of aromatic nitrogens is 2. The molecule has 154 valence electrons. The maximum absolute atomic E-state index is 5.96. The van der Waals surface area contributed by atoms with Crippen LogP contribution in [0.5, 0.6) is 0 Å². The molecule has 2 atom stereocenters. The predicted octanol–water partition coefficient (Wildman–Crippen LogP) is 3.56. The average Bonchev–Trinajstić information content (AvgIpc) is 3.12. The predicted molar refractivity (Wildman–Crippen MR) is 127 cm³/mol. The van der Waals surface area contributed by atoms with Gasteiger partial charge in [0.1, 0.15) is 6.10 Å². The van der Waals surface area contributed by atoms with Gasteiger partial charge in [-0.2, -0.15) is 5.10 Å².